The van der Waals surface area contributed by atoms with Crippen molar-refractivity contribution >= 4 is 17.5 Å². The van der Waals surface area contributed by atoms with Gasteiger partial charge in [-0.2, -0.15) is 0 Å². The van der Waals surface area contributed by atoms with Gasteiger partial charge in [-0.15, -0.1) is 0 Å². The van der Waals surface area contributed by atoms with Crippen LogP contribution in [0.1, 0.15) is 34.1 Å². The van der Waals surface area contributed by atoms with E-state index in [2.05, 4.69) is 10.6 Å². The van der Waals surface area contributed by atoms with Crippen LogP contribution in [0.2, 0.25) is 0 Å². The van der Waals surface area contributed by atoms with Gasteiger partial charge >= 0.3 is 0 Å². The largest absolute Gasteiger partial charge is 0.399 e. The molecule has 2 amide bonds. The van der Waals surface area contributed by atoms with Gasteiger partial charge in [-0.25, -0.2) is 0 Å². The van der Waals surface area contributed by atoms with Gasteiger partial charge in [0.05, 0.1) is 31.9 Å². The molecule has 0 aromatic heterocycles. The molecule has 0 saturated heterocycles. The van der Waals surface area contributed by atoms with Crippen molar-refractivity contribution < 1.29 is 24.9 Å². The molecule has 1 rings (SSSR count). The minimum absolute atomic E-state index is 0.138. The molecule has 0 heterocycles. The molecule has 0 radical (unpaired) electrons. The molecular formula is C15H23N3O5. The number of benzene rings is 1. The number of aliphatic hydroxyl groups excluding tert-OH is 3. The van der Waals surface area contributed by atoms with Crippen molar-refractivity contribution in [1.82, 2.24) is 10.6 Å². The zero-order valence-electron chi connectivity index (χ0n) is 13.0. The number of nitrogen functional groups attached to an aromatic ring is 1. The molecule has 0 aliphatic rings. The van der Waals surface area contributed by atoms with Crippen molar-refractivity contribution in [3.63, 3.8) is 0 Å². The lowest BCUT2D eigenvalue weighted by atomic mass is 10.1. The van der Waals surface area contributed by atoms with E-state index in [0.29, 0.717) is 6.42 Å². The van der Waals surface area contributed by atoms with Crippen LogP contribution in [0.5, 0.6) is 0 Å². The highest BCUT2D eigenvalue weighted by molar-refractivity contribution is 6.01. The molecule has 0 saturated carbocycles. The minimum Gasteiger partial charge on any atom is -0.399 e. The summed E-state index contributed by atoms with van der Waals surface area (Å²) in [6.07, 6.45) is 0.562. The molecule has 128 valence electrons. The predicted octanol–water partition coefficient (Wildman–Crippen LogP) is -1.15. The van der Waals surface area contributed by atoms with Crippen LogP contribution in [0.4, 0.5) is 5.69 Å². The molecular weight excluding hydrogens is 302 g/mol. The van der Waals surface area contributed by atoms with Crippen LogP contribution in [0.25, 0.3) is 0 Å². The summed E-state index contributed by atoms with van der Waals surface area (Å²) in [4.78, 5) is 24.2. The standard InChI is InChI=1S/C15H23N3O5/c1-2-12(6-19)17-14(22)9-3-10(5-11(16)4-9)15(23)18-13(7-20)8-21/h3-5,12-13,19-21H,2,6-8,16H2,1H3,(H,17,22)(H,18,23). The molecule has 0 spiro atoms. The number of hydrogen-bond acceptors (Lipinski definition) is 6. The fraction of sp³-hybridized carbons (Fsp3) is 0.467. The number of amides is 2. The first-order valence-corrected chi connectivity index (χ1v) is 7.30. The molecule has 0 fully saturated rings. The lowest BCUT2D eigenvalue weighted by molar-refractivity contribution is 0.0879. The van der Waals surface area contributed by atoms with E-state index in [1.165, 1.54) is 18.2 Å². The van der Waals surface area contributed by atoms with E-state index in [4.69, 9.17) is 21.1 Å². The van der Waals surface area contributed by atoms with Crippen molar-refractivity contribution in [2.75, 3.05) is 25.6 Å². The Kier molecular flexibility index (Phi) is 7.46. The monoisotopic (exact) mass is 325 g/mol. The normalized spacial score (nSPS) is 12.0. The number of carbonyl (C=O) groups is 2. The third-order valence-corrected chi connectivity index (χ3v) is 3.30. The maximum absolute atomic E-state index is 12.1. The zero-order chi connectivity index (χ0) is 17.4. The lowest BCUT2D eigenvalue weighted by Gasteiger charge is -2.16. The summed E-state index contributed by atoms with van der Waals surface area (Å²) in [5, 5.41) is 32.1. The summed E-state index contributed by atoms with van der Waals surface area (Å²) in [7, 11) is 0. The van der Waals surface area contributed by atoms with Crippen molar-refractivity contribution in [3.8, 4) is 0 Å². The number of aliphatic hydroxyl groups is 3. The fourth-order valence-corrected chi connectivity index (χ4v) is 1.88. The van der Waals surface area contributed by atoms with Crippen molar-refractivity contribution in [2.45, 2.75) is 25.4 Å². The second kappa shape index (κ2) is 9.09. The molecule has 1 atom stereocenters. The molecule has 8 nitrogen and oxygen atoms in total. The molecule has 8 heteroatoms. The Hall–Kier alpha value is -2.16. The third-order valence-electron chi connectivity index (χ3n) is 3.30. The van der Waals surface area contributed by atoms with Gasteiger partial charge in [0.2, 0.25) is 0 Å². The molecule has 23 heavy (non-hydrogen) atoms. The van der Waals surface area contributed by atoms with Gasteiger partial charge in [0.1, 0.15) is 0 Å². The second-order valence-corrected chi connectivity index (χ2v) is 5.14. The van der Waals surface area contributed by atoms with Gasteiger partial charge in [0.15, 0.2) is 0 Å². The van der Waals surface area contributed by atoms with Crippen LogP contribution in [-0.2, 0) is 0 Å². The van der Waals surface area contributed by atoms with Gasteiger partial charge in [0.25, 0.3) is 11.8 Å². The van der Waals surface area contributed by atoms with Crippen LogP contribution in [-0.4, -0.2) is 59.0 Å². The summed E-state index contributed by atoms with van der Waals surface area (Å²) >= 11 is 0. The van der Waals surface area contributed by atoms with Crippen LogP contribution in [0, 0.1) is 0 Å². The first-order chi connectivity index (χ1) is 10.9. The van der Waals surface area contributed by atoms with Crippen molar-refractivity contribution in [3.05, 3.63) is 29.3 Å². The Morgan fingerprint density at radius 2 is 1.39 bits per heavy atom. The zero-order valence-corrected chi connectivity index (χ0v) is 13.0. The Morgan fingerprint density at radius 1 is 0.957 bits per heavy atom. The smallest absolute Gasteiger partial charge is 0.251 e. The number of rotatable bonds is 8. The van der Waals surface area contributed by atoms with E-state index in [1.807, 2.05) is 6.92 Å². The van der Waals surface area contributed by atoms with Gasteiger partial charge in [-0.1, -0.05) is 6.92 Å². The van der Waals surface area contributed by atoms with E-state index >= 15 is 0 Å². The van der Waals surface area contributed by atoms with E-state index in [0.717, 1.165) is 0 Å². The van der Waals surface area contributed by atoms with Gasteiger partial charge in [-0.05, 0) is 24.6 Å². The molecule has 7 N–H and O–H groups in total. The maximum atomic E-state index is 12.1. The first kappa shape index (κ1) is 18.9. The van der Waals surface area contributed by atoms with Gasteiger partial charge in [0, 0.05) is 16.8 Å². The lowest BCUT2D eigenvalue weighted by Crippen LogP contribution is -2.40. The highest BCUT2D eigenvalue weighted by Gasteiger charge is 2.17. The SMILES string of the molecule is CCC(CO)NC(=O)c1cc(N)cc(C(=O)NC(CO)CO)c1. The summed E-state index contributed by atoms with van der Waals surface area (Å²) in [6.45, 7) is 0.815. The minimum atomic E-state index is -0.792. The highest BCUT2D eigenvalue weighted by atomic mass is 16.3. The topological polar surface area (TPSA) is 145 Å². The molecule has 0 aliphatic carbocycles. The van der Waals surface area contributed by atoms with E-state index in [-0.39, 0.29) is 29.5 Å². The van der Waals surface area contributed by atoms with Crippen LogP contribution < -0.4 is 16.4 Å². The summed E-state index contributed by atoms with van der Waals surface area (Å²) in [5.74, 6) is -1.01. The number of nitrogens with one attached hydrogen (secondary N) is 2. The van der Waals surface area contributed by atoms with E-state index in [9.17, 15) is 9.59 Å². The van der Waals surface area contributed by atoms with Crippen LogP contribution in [0.15, 0.2) is 18.2 Å². The molecule has 1 aromatic rings. The van der Waals surface area contributed by atoms with E-state index in [1.54, 1.807) is 0 Å². The predicted molar refractivity (Wildman–Crippen MR) is 84.9 cm³/mol. The number of hydrogen-bond donors (Lipinski definition) is 6. The molecule has 1 aromatic carbocycles. The quantitative estimate of drug-likeness (QED) is 0.333. The average Bonchev–Trinajstić information content (AvgIpc) is 2.56. The Labute approximate surface area is 134 Å². The summed E-state index contributed by atoms with van der Waals surface area (Å²) in [6, 6.07) is 3.00. The van der Waals surface area contributed by atoms with Crippen molar-refractivity contribution in [1.29, 1.82) is 0 Å². The van der Waals surface area contributed by atoms with Gasteiger partial charge < -0.3 is 31.7 Å². The Bertz CT molecular complexity index is 498. The fourth-order valence-electron chi connectivity index (χ4n) is 1.88. The van der Waals surface area contributed by atoms with Gasteiger partial charge in [-0.3, -0.25) is 9.59 Å². The first-order valence-electron chi connectivity index (χ1n) is 7.30. The number of nitrogens with two attached hydrogens (primary N) is 1. The number of carbonyl (C=O) groups excluding carboxylic acids is 2. The third kappa shape index (κ3) is 5.51. The second-order valence-electron chi connectivity index (χ2n) is 5.14. The molecule has 1 unspecified atom stereocenters. The molecule has 0 bridgehead atoms. The van der Waals surface area contributed by atoms with Crippen LogP contribution >= 0.6 is 0 Å². The number of anilines is 1. The maximum Gasteiger partial charge on any atom is 0.251 e. The summed E-state index contributed by atoms with van der Waals surface area (Å²) in [5.41, 5.74) is 6.27. The average molecular weight is 325 g/mol. The van der Waals surface area contributed by atoms with Crippen molar-refractivity contribution in [2.24, 2.45) is 0 Å². The van der Waals surface area contributed by atoms with Crippen LogP contribution in [0.3, 0.4) is 0 Å². The highest BCUT2D eigenvalue weighted by Crippen LogP contribution is 2.13. The Balaban J connectivity index is 2.94. The Morgan fingerprint density at radius 3 is 1.78 bits per heavy atom. The van der Waals surface area contributed by atoms with E-state index < -0.39 is 31.1 Å². The summed E-state index contributed by atoms with van der Waals surface area (Å²) < 4.78 is 0. The molecule has 0 aliphatic heterocycles.